The molecule has 2 aromatic rings. The van der Waals surface area contributed by atoms with E-state index < -0.39 is 0 Å². The van der Waals surface area contributed by atoms with E-state index in [0.717, 1.165) is 17.7 Å². The SMILES string of the molecule is COc1ccccc1C(N)C1CCCc2ccccc21. The van der Waals surface area contributed by atoms with Gasteiger partial charge in [-0.1, -0.05) is 42.5 Å². The Morgan fingerprint density at radius 1 is 1.10 bits per heavy atom. The van der Waals surface area contributed by atoms with Crippen LogP contribution in [0.3, 0.4) is 0 Å². The van der Waals surface area contributed by atoms with Gasteiger partial charge in [0.05, 0.1) is 7.11 Å². The lowest BCUT2D eigenvalue weighted by Crippen LogP contribution is -2.24. The van der Waals surface area contributed by atoms with Crippen molar-refractivity contribution in [2.75, 3.05) is 7.11 Å². The summed E-state index contributed by atoms with van der Waals surface area (Å²) >= 11 is 0. The third-order valence-corrected chi connectivity index (χ3v) is 4.35. The fraction of sp³-hybridized carbons (Fsp3) is 0.333. The smallest absolute Gasteiger partial charge is 0.123 e. The van der Waals surface area contributed by atoms with Crippen LogP contribution in [0.1, 0.15) is 41.5 Å². The normalized spacial score (nSPS) is 19.2. The molecule has 0 radical (unpaired) electrons. The minimum atomic E-state index is -0.00685. The summed E-state index contributed by atoms with van der Waals surface area (Å²) in [5, 5.41) is 0. The number of ether oxygens (including phenoxy) is 1. The highest BCUT2D eigenvalue weighted by atomic mass is 16.5. The third-order valence-electron chi connectivity index (χ3n) is 4.35. The molecule has 0 bridgehead atoms. The van der Waals surface area contributed by atoms with E-state index in [4.69, 9.17) is 10.5 Å². The minimum Gasteiger partial charge on any atom is -0.496 e. The molecule has 104 valence electrons. The van der Waals surface area contributed by atoms with Crippen LogP contribution in [0.15, 0.2) is 48.5 Å². The van der Waals surface area contributed by atoms with E-state index in [-0.39, 0.29) is 6.04 Å². The Hall–Kier alpha value is -1.80. The van der Waals surface area contributed by atoms with Crippen LogP contribution in [-0.4, -0.2) is 7.11 Å². The van der Waals surface area contributed by atoms with Gasteiger partial charge in [-0.2, -0.15) is 0 Å². The highest BCUT2D eigenvalue weighted by molar-refractivity contribution is 5.41. The standard InChI is InChI=1S/C18H21NO/c1-20-17-12-5-4-10-16(17)18(19)15-11-6-8-13-7-2-3-9-14(13)15/h2-5,7,9-10,12,15,18H,6,8,11,19H2,1H3. The van der Waals surface area contributed by atoms with Crippen molar-refractivity contribution < 1.29 is 4.74 Å². The van der Waals surface area contributed by atoms with Crippen molar-refractivity contribution in [1.29, 1.82) is 0 Å². The number of hydrogen-bond acceptors (Lipinski definition) is 2. The van der Waals surface area contributed by atoms with Gasteiger partial charge in [-0.3, -0.25) is 0 Å². The third kappa shape index (κ3) is 2.32. The predicted octanol–water partition coefficient (Wildman–Crippen LogP) is 3.82. The topological polar surface area (TPSA) is 35.2 Å². The van der Waals surface area contributed by atoms with Crippen LogP contribution in [-0.2, 0) is 6.42 Å². The van der Waals surface area contributed by atoms with Gasteiger partial charge < -0.3 is 10.5 Å². The van der Waals surface area contributed by atoms with Crippen molar-refractivity contribution in [2.45, 2.75) is 31.2 Å². The number of fused-ring (bicyclic) bond motifs is 1. The monoisotopic (exact) mass is 267 g/mol. The van der Waals surface area contributed by atoms with Crippen LogP contribution >= 0.6 is 0 Å². The quantitative estimate of drug-likeness (QED) is 0.917. The summed E-state index contributed by atoms with van der Waals surface area (Å²) < 4.78 is 5.47. The minimum absolute atomic E-state index is 0.00685. The highest BCUT2D eigenvalue weighted by Gasteiger charge is 2.27. The van der Waals surface area contributed by atoms with E-state index in [1.807, 2.05) is 18.2 Å². The van der Waals surface area contributed by atoms with Crippen molar-refractivity contribution in [2.24, 2.45) is 5.73 Å². The van der Waals surface area contributed by atoms with E-state index in [2.05, 4.69) is 30.3 Å². The zero-order valence-electron chi connectivity index (χ0n) is 11.9. The Morgan fingerprint density at radius 3 is 2.70 bits per heavy atom. The molecule has 0 saturated heterocycles. The van der Waals surface area contributed by atoms with Gasteiger partial charge in [0.1, 0.15) is 5.75 Å². The fourth-order valence-electron chi connectivity index (χ4n) is 3.32. The van der Waals surface area contributed by atoms with Crippen molar-refractivity contribution in [3.05, 3.63) is 65.2 Å². The van der Waals surface area contributed by atoms with Crippen LogP contribution < -0.4 is 10.5 Å². The molecule has 2 unspecified atom stereocenters. The molecule has 0 aliphatic heterocycles. The Balaban J connectivity index is 1.97. The van der Waals surface area contributed by atoms with Crippen LogP contribution in [0.25, 0.3) is 0 Å². The number of rotatable bonds is 3. The predicted molar refractivity (Wildman–Crippen MR) is 82.0 cm³/mol. The van der Waals surface area contributed by atoms with Crippen molar-refractivity contribution in [1.82, 2.24) is 0 Å². The second-order valence-electron chi connectivity index (χ2n) is 5.47. The second-order valence-corrected chi connectivity index (χ2v) is 5.47. The summed E-state index contributed by atoms with van der Waals surface area (Å²) in [4.78, 5) is 0. The summed E-state index contributed by atoms with van der Waals surface area (Å²) in [6, 6.07) is 16.8. The van der Waals surface area contributed by atoms with E-state index in [1.54, 1.807) is 7.11 Å². The largest absolute Gasteiger partial charge is 0.496 e. The Kier molecular flexibility index (Phi) is 3.75. The Morgan fingerprint density at radius 2 is 1.85 bits per heavy atom. The van der Waals surface area contributed by atoms with Crippen molar-refractivity contribution in [3.8, 4) is 5.75 Å². The molecule has 2 atom stereocenters. The second kappa shape index (κ2) is 5.68. The number of benzene rings is 2. The van der Waals surface area contributed by atoms with Crippen LogP contribution in [0.2, 0.25) is 0 Å². The number of hydrogen-bond donors (Lipinski definition) is 1. The van der Waals surface area contributed by atoms with Gasteiger partial charge >= 0.3 is 0 Å². The number of para-hydroxylation sites is 1. The zero-order valence-corrected chi connectivity index (χ0v) is 11.9. The first kappa shape index (κ1) is 13.2. The summed E-state index contributed by atoms with van der Waals surface area (Å²) in [7, 11) is 1.71. The molecule has 1 aliphatic rings. The molecule has 0 aromatic heterocycles. The maximum Gasteiger partial charge on any atom is 0.123 e. The molecule has 2 N–H and O–H groups in total. The summed E-state index contributed by atoms with van der Waals surface area (Å²) in [6.45, 7) is 0. The summed E-state index contributed by atoms with van der Waals surface area (Å²) in [6.07, 6.45) is 3.53. The molecule has 2 nitrogen and oxygen atoms in total. The number of methoxy groups -OCH3 is 1. The van der Waals surface area contributed by atoms with Crippen LogP contribution in [0.4, 0.5) is 0 Å². The number of aryl methyl sites for hydroxylation is 1. The highest BCUT2D eigenvalue weighted by Crippen LogP contribution is 2.41. The average molecular weight is 267 g/mol. The van der Waals surface area contributed by atoms with E-state index in [1.165, 1.54) is 24.0 Å². The molecule has 3 rings (SSSR count). The van der Waals surface area contributed by atoms with Gasteiger partial charge in [0.15, 0.2) is 0 Å². The molecular weight excluding hydrogens is 246 g/mol. The van der Waals surface area contributed by atoms with Gasteiger partial charge in [0, 0.05) is 17.5 Å². The van der Waals surface area contributed by atoms with Gasteiger partial charge in [0.2, 0.25) is 0 Å². The van der Waals surface area contributed by atoms with Gasteiger partial charge in [0.25, 0.3) is 0 Å². The maximum absolute atomic E-state index is 6.58. The van der Waals surface area contributed by atoms with Gasteiger partial charge in [-0.15, -0.1) is 0 Å². The Labute approximate surface area is 120 Å². The molecule has 2 heteroatoms. The lowest BCUT2D eigenvalue weighted by Gasteiger charge is -2.31. The average Bonchev–Trinajstić information content (AvgIpc) is 2.53. The molecule has 0 saturated carbocycles. The number of nitrogens with two attached hydrogens (primary N) is 1. The lowest BCUT2D eigenvalue weighted by molar-refractivity contribution is 0.394. The first-order chi connectivity index (χ1) is 9.81. The zero-order chi connectivity index (χ0) is 13.9. The first-order valence-corrected chi connectivity index (χ1v) is 7.27. The van der Waals surface area contributed by atoms with Crippen LogP contribution in [0, 0.1) is 0 Å². The molecule has 2 aromatic carbocycles. The van der Waals surface area contributed by atoms with Crippen molar-refractivity contribution in [3.63, 3.8) is 0 Å². The molecular formula is C18H21NO. The molecule has 0 heterocycles. The van der Waals surface area contributed by atoms with E-state index >= 15 is 0 Å². The molecule has 0 fully saturated rings. The molecule has 1 aliphatic carbocycles. The summed E-state index contributed by atoms with van der Waals surface area (Å²) in [5.41, 5.74) is 10.6. The van der Waals surface area contributed by atoms with Crippen molar-refractivity contribution >= 4 is 0 Å². The van der Waals surface area contributed by atoms with Gasteiger partial charge in [-0.25, -0.2) is 0 Å². The van der Waals surface area contributed by atoms with E-state index in [9.17, 15) is 0 Å². The molecule has 0 amide bonds. The fourth-order valence-corrected chi connectivity index (χ4v) is 3.32. The lowest BCUT2D eigenvalue weighted by atomic mass is 9.77. The van der Waals surface area contributed by atoms with Crippen LogP contribution in [0.5, 0.6) is 5.75 Å². The van der Waals surface area contributed by atoms with E-state index in [0.29, 0.717) is 5.92 Å². The Bertz CT molecular complexity index is 593. The first-order valence-electron chi connectivity index (χ1n) is 7.27. The summed E-state index contributed by atoms with van der Waals surface area (Å²) in [5.74, 6) is 1.28. The molecule has 20 heavy (non-hydrogen) atoms. The van der Waals surface area contributed by atoms with Gasteiger partial charge in [-0.05, 0) is 36.5 Å². The maximum atomic E-state index is 6.58. The molecule has 0 spiro atoms.